The van der Waals surface area contributed by atoms with E-state index in [9.17, 15) is 31.5 Å². The monoisotopic (exact) mass is 502 g/mol. The molecule has 0 spiro atoms. The number of imide groups is 1. The second kappa shape index (κ2) is 8.40. The van der Waals surface area contributed by atoms with E-state index >= 15 is 0 Å². The SMILES string of the molecule is Cn1cc2cc(N3C(=O)c4ncc(C(F)(F)F)cc4C(c4ccc(OC(F)F)cc4)C3=O)ccc2n1. The third-order valence-electron chi connectivity index (χ3n) is 5.73. The molecule has 0 bridgehead atoms. The number of ether oxygens (including phenoxy) is 1. The number of hydrogen-bond acceptors (Lipinski definition) is 5. The number of rotatable bonds is 4. The van der Waals surface area contributed by atoms with Crippen molar-refractivity contribution >= 4 is 28.4 Å². The summed E-state index contributed by atoms with van der Waals surface area (Å²) in [4.78, 5) is 31.6. The summed E-state index contributed by atoms with van der Waals surface area (Å²) in [5, 5.41) is 4.87. The first-order chi connectivity index (χ1) is 17.0. The number of aromatic nitrogens is 3. The van der Waals surface area contributed by atoms with E-state index in [0.29, 0.717) is 23.2 Å². The normalized spacial score (nSPS) is 16.1. The Kier molecular flexibility index (Phi) is 5.46. The van der Waals surface area contributed by atoms with Gasteiger partial charge in [-0.3, -0.25) is 19.3 Å². The summed E-state index contributed by atoms with van der Waals surface area (Å²) in [5.41, 5.74) is -0.732. The molecule has 1 aliphatic rings. The minimum Gasteiger partial charge on any atom is -0.435 e. The number of benzene rings is 2. The highest BCUT2D eigenvalue weighted by Crippen LogP contribution is 2.40. The number of hydrogen-bond donors (Lipinski definition) is 0. The van der Waals surface area contributed by atoms with Crippen molar-refractivity contribution in [2.45, 2.75) is 18.7 Å². The molecule has 36 heavy (non-hydrogen) atoms. The molecule has 0 saturated carbocycles. The quantitative estimate of drug-likeness (QED) is 0.293. The molecule has 3 heterocycles. The van der Waals surface area contributed by atoms with Crippen LogP contribution in [0.4, 0.5) is 27.6 Å². The number of pyridine rings is 1. The van der Waals surface area contributed by atoms with Crippen LogP contribution in [0.5, 0.6) is 5.75 Å². The predicted molar refractivity (Wildman–Crippen MR) is 117 cm³/mol. The van der Waals surface area contributed by atoms with Crippen molar-refractivity contribution in [2.75, 3.05) is 4.90 Å². The maximum Gasteiger partial charge on any atom is 0.417 e. The first-order valence-electron chi connectivity index (χ1n) is 10.5. The van der Waals surface area contributed by atoms with Gasteiger partial charge in [0.1, 0.15) is 11.4 Å². The zero-order valence-electron chi connectivity index (χ0n) is 18.3. The largest absolute Gasteiger partial charge is 0.435 e. The van der Waals surface area contributed by atoms with E-state index in [1.807, 2.05) is 0 Å². The van der Waals surface area contributed by atoms with Crippen LogP contribution < -0.4 is 9.64 Å². The molecule has 0 radical (unpaired) electrons. The Morgan fingerprint density at radius 3 is 2.42 bits per heavy atom. The number of fused-ring (bicyclic) bond motifs is 2. The third-order valence-corrected chi connectivity index (χ3v) is 5.73. The van der Waals surface area contributed by atoms with Crippen molar-refractivity contribution in [3.05, 3.63) is 83.3 Å². The maximum absolute atomic E-state index is 13.7. The van der Waals surface area contributed by atoms with Gasteiger partial charge in [-0.15, -0.1) is 0 Å². The van der Waals surface area contributed by atoms with Gasteiger partial charge in [-0.2, -0.15) is 27.1 Å². The van der Waals surface area contributed by atoms with Crippen molar-refractivity contribution in [1.82, 2.24) is 14.8 Å². The second-order valence-electron chi connectivity index (χ2n) is 8.06. The summed E-state index contributed by atoms with van der Waals surface area (Å²) in [5.74, 6) is -3.27. The lowest BCUT2D eigenvalue weighted by molar-refractivity contribution is -0.138. The Labute approximate surface area is 199 Å². The molecule has 2 amide bonds. The molecule has 2 aromatic carbocycles. The zero-order valence-corrected chi connectivity index (χ0v) is 18.3. The number of carbonyl (C=O) groups excluding carboxylic acids is 2. The number of amides is 2. The van der Waals surface area contributed by atoms with E-state index in [-0.39, 0.29) is 28.3 Å². The van der Waals surface area contributed by atoms with E-state index in [1.165, 1.54) is 18.2 Å². The van der Waals surface area contributed by atoms with Gasteiger partial charge in [-0.1, -0.05) is 12.1 Å². The fourth-order valence-corrected chi connectivity index (χ4v) is 4.19. The summed E-state index contributed by atoms with van der Waals surface area (Å²) in [6, 6.07) is 10.3. The minimum atomic E-state index is -4.77. The van der Waals surface area contributed by atoms with E-state index < -0.39 is 36.1 Å². The van der Waals surface area contributed by atoms with E-state index in [2.05, 4.69) is 14.8 Å². The van der Waals surface area contributed by atoms with Gasteiger partial charge in [0.15, 0.2) is 0 Å². The lowest BCUT2D eigenvalue weighted by Crippen LogP contribution is -2.46. The van der Waals surface area contributed by atoms with Crippen LogP contribution in [-0.2, 0) is 18.0 Å². The molecule has 0 aliphatic carbocycles. The van der Waals surface area contributed by atoms with Crippen molar-refractivity contribution in [3.8, 4) is 5.75 Å². The molecule has 0 N–H and O–H groups in total. The van der Waals surface area contributed by atoms with Crippen LogP contribution in [-0.4, -0.2) is 33.2 Å². The van der Waals surface area contributed by atoms with Gasteiger partial charge in [0.25, 0.3) is 5.91 Å². The lowest BCUT2D eigenvalue weighted by Gasteiger charge is -2.32. The Morgan fingerprint density at radius 2 is 1.75 bits per heavy atom. The topological polar surface area (TPSA) is 77.3 Å². The standard InChI is InChI=1S/C24H15F5N4O3/c1-32-11-13-8-15(4-7-18(13)31-32)33-21(34)19(12-2-5-16(6-3-12)36-23(25)26)17-9-14(24(27,28)29)10-30-20(17)22(33)35/h2-11,19,23H,1H3. The highest BCUT2D eigenvalue weighted by atomic mass is 19.4. The van der Waals surface area contributed by atoms with E-state index in [4.69, 9.17) is 0 Å². The molecule has 1 unspecified atom stereocenters. The van der Waals surface area contributed by atoms with Crippen LogP contribution >= 0.6 is 0 Å². The second-order valence-corrected chi connectivity index (χ2v) is 8.06. The molecule has 0 saturated heterocycles. The lowest BCUT2D eigenvalue weighted by atomic mass is 9.84. The van der Waals surface area contributed by atoms with Crippen molar-refractivity contribution in [1.29, 1.82) is 0 Å². The van der Waals surface area contributed by atoms with E-state index in [0.717, 1.165) is 17.0 Å². The predicted octanol–water partition coefficient (Wildman–Crippen LogP) is 4.91. The van der Waals surface area contributed by atoms with Crippen LogP contribution in [0, 0.1) is 0 Å². The molecule has 5 rings (SSSR count). The Hall–Kier alpha value is -4.35. The molecule has 4 aromatic rings. The maximum atomic E-state index is 13.7. The molecule has 1 atom stereocenters. The minimum absolute atomic E-state index is 0.170. The Balaban J connectivity index is 1.66. The summed E-state index contributed by atoms with van der Waals surface area (Å²) in [6.45, 7) is -3.08. The van der Waals surface area contributed by atoms with Gasteiger partial charge < -0.3 is 4.74 Å². The van der Waals surface area contributed by atoms with Crippen LogP contribution in [0.3, 0.4) is 0 Å². The van der Waals surface area contributed by atoms with Crippen LogP contribution in [0.1, 0.15) is 33.1 Å². The molecule has 1 aliphatic heterocycles. The summed E-state index contributed by atoms with van der Waals surface area (Å²) in [7, 11) is 1.70. The summed E-state index contributed by atoms with van der Waals surface area (Å²) in [6.07, 6.45) is -2.56. The highest BCUT2D eigenvalue weighted by Gasteiger charge is 2.43. The van der Waals surface area contributed by atoms with Crippen LogP contribution in [0.2, 0.25) is 0 Å². The van der Waals surface area contributed by atoms with Gasteiger partial charge in [0, 0.05) is 30.4 Å². The van der Waals surface area contributed by atoms with E-state index in [1.54, 1.807) is 30.1 Å². The Bertz CT molecular complexity index is 1500. The van der Waals surface area contributed by atoms with Gasteiger partial charge in [0.2, 0.25) is 5.91 Å². The van der Waals surface area contributed by atoms with Gasteiger partial charge in [0.05, 0.1) is 22.7 Å². The van der Waals surface area contributed by atoms with Gasteiger partial charge in [-0.25, -0.2) is 4.90 Å². The molecule has 0 fully saturated rings. The van der Waals surface area contributed by atoms with Crippen molar-refractivity contribution in [2.24, 2.45) is 7.05 Å². The molecular weight excluding hydrogens is 487 g/mol. The summed E-state index contributed by atoms with van der Waals surface area (Å²) < 4.78 is 71.3. The van der Waals surface area contributed by atoms with Gasteiger partial charge in [-0.05, 0) is 42.0 Å². The molecule has 7 nitrogen and oxygen atoms in total. The molecular formula is C24H15F5N4O3. The number of nitrogens with zero attached hydrogens (tertiary/aromatic N) is 4. The number of halogens is 5. The first-order valence-corrected chi connectivity index (χ1v) is 10.5. The third kappa shape index (κ3) is 4.04. The van der Waals surface area contributed by atoms with Crippen LogP contribution in [0.25, 0.3) is 10.9 Å². The molecule has 12 heteroatoms. The van der Waals surface area contributed by atoms with Crippen LogP contribution in [0.15, 0.2) is 60.9 Å². The number of alkyl halides is 5. The van der Waals surface area contributed by atoms with Crippen molar-refractivity contribution in [3.63, 3.8) is 0 Å². The number of carbonyl (C=O) groups is 2. The number of aryl methyl sites for hydroxylation is 1. The molecule has 184 valence electrons. The average Bonchev–Trinajstić information content (AvgIpc) is 3.18. The highest BCUT2D eigenvalue weighted by molar-refractivity contribution is 6.26. The summed E-state index contributed by atoms with van der Waals surface area (Å²) >= 11 is 0. The van der Waals surface area contributed by atoms with Gasteiger partial charge >= 0.3 is 12.8 Å². The average molecular weight is 502 g/mol. The smallest absolute Gasteiger partial charge is 0.417 e. The Morgan fingerprint density at radius 1 is 1.03 bits per heavy atom. The fourth-order valence-electron chi connectivity index (χ4n) is 4.19. The zero-order chi connectivity index (χ0) is 25.8. The van der Waals surface area contributed by atoms with Crippen molar-refractivity contribution < 1.29 is 36.3 Å². The fraction of sp³-hybridized carbons (Fsp3) is 0.167. The number of anilines is 1. The first kappa shape index (κ1) is 23.4. The molecule has 2 aromatic heterocycles.